The molecule has 0 amide bonds. The fourth-order valence-corrected chi connectivity index (χ4v) is 15.7. The zero-order chi connectivity index (χ0) is 114. The van der Waals surface area contributed by atoms with Crippen molar-refractivity contribution in [3.05, 3.63) is 384 Å². The van der Waals surface area contributed by atoms with Crippen LogP contribution in [0.1, 0.15) is 141 Å². The first-order chi connectivity index (χ1) is 73.0. The minimum atomic E-state index is -4.96. The Kier molecular flexibility index (Phi) is 18.8. The summed E-state index contributed by atoms with van der Waals surface area (Å²) in [7, 11) is 0. The molecule has 14 heteroatoms. The van der Waals surface area contributed by atoms with Crippen LogP contribution in [0.5, 0.6) is 0 Å². The molecule has 2 radical (unpaired) electrons. The molecule has 132 heavy (non-hydrogen) atoms. The van der Waals surface area contributed by atoms with Gasteiger partial charge in [-0.1, -0.05) is 301 Å². The third-order valence-corrected chi connectivity index (χ3v) is 22.5. The van der Waals surface area contributed by atoms with E-state index in [-0.39, 0.29) is 102 Å². The van der Waals surface area contributed by atoms with Crippen molar-refractivity contribution in [3.8, 4) is 89.5 Å². The van der Waals surface area contributed by atoms with Crippen LogP contribution in [0.4, 0.5) is 26.3 Å². The number of nitrogens with zero attached hydrogens (tertiary/aromatic N) is 4. The van der Waals surface area contributed by atoms with E-state index in [1.54, 1.807) is 48.7 Å². The van der Waals surface area contributed by atoms with Crippen molar-refractivity contribution in [2.45, 2.75) is 128 Å². The molecule has 0 atom stereocenters. The summed E-state index contributed by atoms with van der Waals surface area (Å²) >= 11 is 0. The van der Waals surface area contributed by atoms with Gasteiger partial charge in [-0.15, -0.1) is 95.1 Å². The largest absolute Gasteiger partial charge is 0.501 e. The van der Waals surface area contributed by atoms with Crippen LogP contribution in [0, 0.1) is 88.5 Å². The summed E-state index contributed by atoms with van der Waals surface area (Å²) in [6, 6.07) is 92.3. The van der Waals surface area contributed by atoms with Crippen molar-refractivity contribution >= 4 is 87.0 Å². The minimum absolute atomic E-state index is 0. The van der Waals surface area contributed by atoms with Crippen molar-refractivity contribution in [2.75, 3.05) is 0 Å². The molecule has 0 N–H and O–H groups in total. The number of alkyl halides is 6. The van der Waals surface area contributed by atoms with Crippen LogP contribution < -0.4 is 0 Å². The molecule has 0 aliphatic heterocycles. The Balaban J connectivity index is 0.000000163. The zero-order valence-corrected chi connectivity index (χ0v) is 76.7. The van der Waals surface area contributed by atoms with Gasteiger partial charge in [-0.05, 0) is 227 Å². The summed E-state index contributed by atoms with van der Waals surface area (Å²) in [4.78, 5) is 17.6. The van der Waals surface area contributed by atoms with Crippen LogP contribution in [0.3, 0.4) is 0 Å². The summed E-state index contributed by atoms with van der Waals surface area (Å²) < 4.78 is 315. The van der Waals surface area contributed by atoms with Crippen LogP contribution in [-0.2, 0) is 59.3 Å². The van der Waals surface area contributed by atoms with Gasteiger partial charge in [-0.3, -0.25) is 0 Å². The van der Waals surface area contributed by atoms with Gasteiger partial charge >= 0.3 is 12.4 Å². The van der Waals surface area contributed by atoms with E-state index in [1.165, 1.54) is 36.5 Å². The molecule has 0 spiro atoms. The fourth-order valence-electron chi connectivity index (χ4n) is 15.7. The number of aromatic nitrogens is 4. The van der Waals surface area contributed by atoms with E-state index >= 15 is 0 Å². The second-order valence-electron chi connectivity index (χ2n) is 33.7. The van der Waals surface area contributed by atoms with Crippen molar-refractivity contribution < 1.29 is 112 Å². The summed E-state index contributed by atoms with van der Waals surface area (Å²) in [6.45, 7) is -9.80. The quantitative estimate of drug-likeness (QED) is 0.0650. The predicted octanol–water partition coefficient (Wildman–Crippen LogP) is 33.3. The Morgan fingerprint density at radius 3 is 1.12 bits per heavy atom. The van der Waals surface area contributed by atoms with Gasteiger partial charge < -0.3 is 28.8 Å². The van der Waals surface area contributed by atoms with E-state index in [4.69, 9.17) is 45.8 Å². The van der Waals surface area contributed by atoms with E-state index in [0.29, 0.717) is 100 Å². The Hall–Kier alpha value is -12.8. The summed E-state index contributed by atoms with van der Waals surface area (Å²) in [6.07, 6.45) is -12.4. The molecule has 666 valence electrons. The zero-order valence-electron chi connectivity index (χ0n) is 98.9. The number of fused-ring (bicyclic) bond motifs is 12. The Labute approximate surface area is 832 Å². The number of pyridine rings is 4. The maximum absolute atomic E-state index is 14.0. The van der Waals surface area contributed by atoms with Gasteiger partial charge in [0, 0.05) is 113 Å². The third-order valence-electron chi connectivity index (χ3n) is 22.5. The number of halogens is 6. The number of aryl methyl sites for hydroxylation is 7. The summed E-state index contributed by atoms with van der Waals surface area (Å²) in [5, 5.41) is 11.4. The molecule has 6 heterocycles. The van der Waals surface area contributed by atoms with Crippen molar-refractivity contribution in [1.82, 2.24) is 19.9 Å². The van der Waals surface area contributed by atoms with E-state index < -0.39 is 118 Å². The summed E-state index contributed by atoms with van der Waals surface area (Å²) in [5.74, 6) is 0. The number of furan rings is 2. The summed E-state index contributed by atoms with van der Waals surface area (Å²) in [5.41, 5.74) is 0.315. The number of rotatable bonds is 13. The standard InChI is InChI=1S/2C38H29F3NO.C23H24N.C19H16N.2Ir/c2*1-22-16-24(20-37(3,4)38(39,40)41)12-15-27(22)31-18-34(42-21-23(31)2)30-11-7-10-29-33-17-26-14-13-25-8-5-6-9-28(25)32(26)19-35(33)43-36(29)30;1-17-10-12-20(14-21(17)19-8-6-5-7-9-19)22-13-11-18(16-24-22)15-23(2,3)4;1-14-8-11-19(20-13-14)17-10-9-15(2)18(12-17)16-6-4-3-5-7-16;;/h2*5-10,12-19,21H,20H2,1-4H3;5-11,13-14,16H,15H2,1-4H3;3-9,11-13H,1-2H3;;/q4*-1;;/i2*1D3,2D3,20D2;1D3,15D2;1D3,2D3;;. The molecule has 0 unspecified atom stereocenters. The van der Waals surface area contributed by atoms with Gasteiger partial charge in [0.15, 0.2) is 0 Å². The Bertz CT molecular complexity index is 8520. The maximum Gasteiger partial charge on any atom is 0.394 e. The fraction of sp³-hybridized carbons (Fsp3) is 0.186. The SMILES string of the molecule is [2H]C([2H])([2H])c1c[c-]c(-c2ccc(C([2H])([2H])C(C)(C)C)cn2)cc1-c1ccccc1.[2H]C([2H])([2H])c1ccc(-c2[c-]cc(C([2H])([2H])[2H])c(-c3ccccc3)c2)nc1.[2H]C([2H])([2H])c1cnc(-c2[c-]ccc3c2oc2cc4c(ccc5ccccc54)cc23)cc1-c1ccc(C([2H])([2H])C(C)(C)C(F)(F)F)cc1C([2H])([2H])[2H].[2H]C([2H])([2H])c1cnc(-c2[c-]ccc3c2oc2cc4c(ccc5ccccc54)cc23)cc1-c1ccc(C([2H])([2H])C(C)(C)C(F)(F)F)cc1C([2H])([2H])[2H].[Ir].[Ir]. The van der Waals surface area contributed by atoms with Gasteiger partial charge in [0.2, 0.25) is 0 Å². The second-order valence-corrected chi connectivity index (χ2v) is 33.7. The van der Waals surface area contributed by atoms with E-state index in [9.17, 15) is 26.3 Å². The van der Waals surface area contributed by atoms with Crippen LogP contribution >= 0.6 is 0 Å². The average molecular weight is 2130 g/mol. The normalized spacial score (nSPS) is 15.9. The van der Waals surface area contributed by atoms with Crippen LogP contribution in [0.25, 0.3) is 177 Å². The van der Waals surface area contributed by atoms with Crippen molar-refractivity contribution in [1.29, 1.82) is 0 Å². The molecule has 20 aromatic rings. The molecule has 14 aromatic carbocycles. The number of hydrogen-bond donors (Lipinski definition) is 0. The first-order valence-electron chi connectivity index (χ1n) is 55.0. The predicted molar refractivity (Wildman–Crippen MR) is 524 cm³/mol. The molecule has 20 rings (SSSR count). The molecule has 0 aliphatic rings. The monoisotopic (exact) mass is 2130 g/mol. The smallest absolute Gasteiger partial charge is 0.394 e. The second kappa shape index (κ2) is 38.2. The van der Waals surface area contributed by atoms with Crippen LogP contribution in [0.15, 0.2) is 313 Å². The van der Waals surface area contributed by atoms with Crippen LogP contribution in [0.2, 0.25) is 0 Å². The molecule has 0 aliphatic carbocycles. The van der Waals surface area contributed by atoms with E-state index in [0.717, 1.165) is 125 Å². The van der Waals surface area contributed by atoms with Gasteiger partial charge in [0.05, 0.1) is 22.0 Å². The molecule has 0 saturated carbocycles. The Morgan fingerprint density at radius 2 is 0.720 bits per heavy atom. The van der Waals surface area contributed by atoms with Gasteiger partial charge in [-0.25, -0.2) is 0 Å². The Morgan fingerprint density at radius 1 is 0.311 bits per heavy atom. The van der Waals surface area contributed by atoms with Gasteiger partial charge in [-0.2, -0.15) is 26.3 Å². The van der Waals surface area contributed by atoms with E-state index in [2.05, 4.69) is 44.2 Å². The van der Waals surface area contributed by atoms with E-state index in [1.807, 2.05) is 191 Å². The molecule has 0 fully saturated rings. The van der Waals surface area contributed by atoms with Crippen LogP contribution in [-0.4, -0.2) is 32.3 Å². The maximum atomic E-state index is 14.0. The first-order valence-corrected chi connectivity index (χ1v) is 41.5. The van der Waals surface area contributed by atoms with Gasteiger partial charge in [0.25, 0.3) is 0 Å². The molecular weight excluding hydrogens is 2000 g/mol. The molecule has 6 nitrogen and oxygen atoms in total. The minimum Gasteiger partial charge on any atom is -0.501 e. The molecule has 6 aromatic heterocycles. The number of benzene rings is 14. The van der Waals surface area contributed by atoms with Gasteiger partial charge in [0.1, 0.15) is 11.2 Å². The van der Waals surface area contributed by atoms with Crippen molar-refractivity contribution in [2.24, 2.45) is 16.2 Å². The first kappa shape index (κ1) is 64.9. The average Bonchev–Trinajstić information content (AvgIpc) is 1.66. The molecular formula is C118H98F6Ir2N4O2-4. The topological polar surface area (TPSA) is 77.8 Å². The molecule has 0 bridgehead atoms. The molecule has 0 saturated heterocycles. The van der Waals surface area contributed by atoms with Crippen molar-refractivity contribution in [3.63, 3.8) is 0 Å². The number of hydrogen-bond acceptors (Lipinski definition) is 6. The third kappa shape index (κ3) is 19.9.